The Kier molecular flexibility index (Phi) is 3.94. The third-order valence-electron chi connectivity index (χ3n) is 2.95. The van der Waals surface area contributed by atoms with Gasteiger partial charge in [-0.1, -0.05) is 12.2 Å². The van der Waals surface area contributed by atoms with Gasteiger partial charge in [0.15, 0.2) is 0 Å². The second kappa shape index (κ2) is 4.65. The molecule has 0 spiro atoms. The molecule has 1 fully saturated rings. The minimum Gasteiger partial charge on any atom is -0.392 e. The number of hydrogen-bond acceptors (Lipinski definition) is 2. The van der Waals surface area contributed by atoms with Crippen molar-refractivity contribution in [1.29, 1.82) is 0 Å². The molecule has 1 aliphatic rings. The van der Waals surface area contributed by atoms with Crippen molar-refractivity contribution in [3.8, 4) is 0 Å². The van der Waals surface area contributed by atoms with E-state index in [1.165, 1.54) is 0 Å². The van der Waals surface area contributed by atoms with Gasteiger partial charge in [0.2, 0.25) is 0 Å². The van der Waals surface area contributed by atoms with Gasteiger partial charge >= 0.3 is 6.18 Å². The quantitative estimate of drug-likeness (QED) is 0.748. The molecule has 15 heavy (non-hydrogen) atoms. The lowest BCUT2D eigenvalue weighted by molar-refractivity contribution is -0.185. The van der Waals surface area contributed by atoms with Gasteiger partial charge in [-0.3, -0.25) is 4.90 Å². The minimum absolute atomic E-state index is 0.103. The first kappa shape index (κ1) is 12.7. The predicted octanol–water partition coefficient (Wildman–Crippen LogP) is 1.94. The summed E-state index contributed by atoms with van der Waals surface area (Å²) in [6.07, 6.45) is -3.76. The van der Waals surface area contributed by atoms with E-state index in [2.05, 4.69) is 0 Å². The summed E-state index contributed by atoms with van der Waals surface area (Å²) in [4.78, 5) is 2.25. The molecule has 0 aliphatic carbocycles. The van der Waals surface area contributed by atoms with Crippen LogP contribution >= 0.6 is 12.2 Å². The largest absolute Gasteiger partial charge is 0.392 e. The Balaban J connectivity index is 2.46. The summed E-state index contributed by atoms with van der Waals surface area (Å²) in [6, 6.07) is -0.103. The molecule has 2 N–H and O–H groups in total. The van der Waals surface area contributed by atoms with Crippen LogP contribution in [0.25, 0.3) is 0 Å². The Labute approximate surface area is 92.6 Å². The molecule has 0 bridgehead atoms. The number of thiocarbonyl (C=S) groups is 1. The molecule has 0 radical (unpaired) electrons. The zero-order valence-corrected chi connectivity index (χ0v) is 9.37. The Morgan fingerprint density at radius 1 is 1.40 bits per heavy atom. The van der Waals surface area contributed by atoms with Crippen molar-refractivity contribution in [3.63, 3.8) is 0 Å². The number of alkyl halides is 3. The summed E-state index contributed by atoms with van der Waals surface area (Å²) in [5.41, 5.74) is 5.45. The van der Waals surface area contributed by atoms with E-state index in [-0.39, 0.29) is 18.9 Å². The number of halogens is 3. The van der Waals surface area contributed by atoms with E-state index in [4.69, 9.17) is 18.0 Å². The summed E-state index contributed by atoms with van der Waals surface area (Å²) < 4.78 is 37.1. The van der Waals surface area contributed by atoms with Gasteiger partial charge in [0.25, 0.3) is 0 Å². The van der Waals surface area contributed by atoms with E-state index in [1.54, 1.807) is 0 Å². The highest BCUT2D eigenvalue weighted by molar-refractivity contribution is 7.80. The molecule has 0 aromatic carbocycles. The standard InChI is InChI=1S/C9H15F3N2S/c1-6(8(13)15)14-4-2-7(3-5-14)9(10,11)12/h6-7H,2-5H2,1H3,(H2,13,15). The molecule has 1 unspecified atom stereocenters. The Morgan fingerprint density at radius 2 is 1.87 bits per heavy atom. The van der Waals surface area contributed by atoms with Crippen molar-refractivity contribution in [3.05, 3.63) is 0 Å². The average Bonchev–Trinajstić information content (AvgIpc) is 2.15. The van der Waals surface area contributed by atoms with Crippen molar-refractivity contribution >= 4 is 17.2 Å². The van der Waals surface area contributed by atoms with Crippen LogP contribution in [0.1, 0.15) is 19.8 Å². The van der Waals surface area contributed by atoms with Crippen LogP contribution in [0, 0.1) is 5.92 Å². The molecular weight excluding hydrogens is 225 g/mol. The lowest BCUT2D eigenvalue weighted by Gasteiger charge is -2.36. The van der Waals surface area contributed by atoms with E-state index in [1.807, 2.05) is 11.8 Å². The number of hydrogen-bond donors (Lipinski definition) is 1. The molecule has 1 rings (SSSR count). The van der Waals surface area contributed by atoms with Crippen LogP contribution in [0.3, 0.4) is 0 Å². The third kappa shape index (κ3) is 3.31. The van der Waals surface area contributed by atoms with Crippen molar-refractivity contribution < 1.29 is 13.2 Å². The first-order valence-corrected chi connectivity index (χ1v) is 5.33. The number of nitrogens with zero attached hydrogens (tertiary/aromatic N) is 1. The summed E-state index contributed by atoms with van der Waals surface area (Å²) >= 11 is 4.82. The zero-order chi connectivity index (χ0) is 11.6. The first-order chi connectivity index (χ1) is 6.82. The fraction of sp³-hybridized carbons (Fsp3) is 0.889. The van der Waals surface area contributed by atoms with Crippen LogP contribution < -0.4 is 5.73 Å². The molecule has 88 valence electrons. The molecular formula is C9H15F3N2S. The van der Waals surface area contributed by atoms with Gasteiger partial charge in [0.1, 0.15) is 0 Å². The molecule has 2 nitrogen and oxygen atoms in total. The Morgan fingerprint density at radius 3 is 2.20 bits per heavy atom. The highest BCUT2D eigenvalue weighted by atomic mass is 32.1. The fourth-order valence-electron chi connectivity index (χ4n) is 1.79. The van der Waals surface area contributed by atoms with Crippen LogP contribution in [0.15, 0.2) is 0 Å². The van der Waals surface area contributed by atoms with Gasteiger partial charge in [-0.2, -0.15) is 13.2 Å². The molecule has 0 amide bonds. The van der Waals surface area contributed by atoms with Gasteiger partial charge in [0, 0.05) is 0 Å². The van der Waals surface area contributed by atoms with Crippen LogP contribution in [-0.2, 0) is 0 Å². The number of piperidine rings is 1. The Bertz CT molecular complexity index is 234. The lowest BCUT2D eigenvalue weighted by Crippen LogP contribution is -2.47. The number of rotatable bonds is 2. The minimum atomic E-state index is -4.06. The monoisotopic (exact) mass is 240 g/mol. The molecule has 6 heteroatoms. The maximum Gasteiger partial charge on any atom is 0.391 e. The normalized spacial score (nSPS) is 22.7. The molecule has 1 atom stereocenters. The van der Waals surface area contributed by atoms with Gasteiger partial charge in [0.05, 0.1) is 16.9 Å². The van der Waals surface area contributed by atoms with Gasteiger partial charge in [-0.25, -0.2) is 0 Å². The van der Waals surface area contributed by atoms with Gasteiger partial charge in [-0.15, -0.1) is 0 Å². The number of likely N-dealkylation sites (tertiary alicyclic amines) is 1. The molecule has 0 aromatic rings. The second-order valence-electron chi connectivity index (χ2n) is 3.93. The summed E-state index contributed by atoms with van der Waals surface area (Å²) in [5, 5.41) is 0. The molecule has 0 saturated carbocycles. The van der Waals surface area contributed by atoms with E-state index in [0.29, 0.717) is 18.1 Å². The highest BCUT2D eigenvalue weighted by Gasteiger charge is 2.41. The van der Waals surface area contributed by atoms with Crippen LogP contribution in [0.2, 0.25) is 0 Å². The SMILES string of the molecule is CC(C(N)=S)N1CCC(C(F)(F)F)CC1. The topological polar surface area (TPSA) is 29.3 Å². The number of nitrogens with two attached hydrogens (primary N) is 1. The zero-order valence-electron chi connectivity index (χ0n) is 8.55. The average molecular weight is 240 g/mol. The smallest absolute Gasteiger partial charge is 0.391 e. The molecule has 1 saturated heterocycles. The second-order valence-corrected chi connectivity index (χ2v) is 4.40. The summed E-state index contributed by atoms with van der Waals surface area (Å²) in [7, 11) is 0. The lowest BCUT2D eigenvalue weighted by atomic mass is 9.95. The van der Waals surface area contributed by atoms with E-state index in [9.17, 15) is 13.2 Å². The summed E-state index contributed by atoms with van der Waals surface area (Å²) in [6.45, 7) is 2.67. The third-order valence-corrected chi connectivity index (χ3v) is 3.29. The maximum atomic E-state index is 12.4. The maximum absolute atomic E-state index is 12.4. The van der Waals surface area contributed by atoms with Gasteiger partial charge in [-0.05, 0) is 32.9 Å². The predicted molar refractivity (Wildman–Crippen MR) is 56.6 cm³/mol. The van der Waals surface area contributed by atoms with E-state index in [0.717, 1.165) is 0 Å². The van der Waals surface area contributed by atoms with Crippen LogP contribution in [-0.4, -0.2) is 35.2 Å². The first-order valence-electron chi connectivity index (χ1n) is 4.92. The molecule has 1 aliphatic heterocycles. The van der Waals surface area contributed by atoms with Crippen molar-refractivity contribution in [2.45, 2.75) is 32.0 Å². The molecule has 1 heterocycles. The van der Waals surface area contributed by atoms with Gasteiger partial charge < -0.3 is 5.73 Å². The van der Waals surface area contributed by atoms with E-state index >= 15 is 0 Å². The molecule has 0 aromatic heterocycles. The van der Waals surface area contributed by atoms with Crippen molar-refractivity contribution in [2.24, 2.45) is 11.7 Å². The fourth-order valence-corrected chi connectivity index (χ4v) is 1.94. The summed E-state index contributed by atoms with van der Waals surface area (Å²) in [5.74, 6) is -1.16. The Hall–Kier alpha value is -0.360. The van der Waals surface area contributed by atoms with Crippen LogP contribution in [0.5, 0.6) is 0 Å². The highest BCUT2D eigenvalue weighted by Crippen LogP contribution is 2.34. The van der Waals surface area contributed by atoms with E-state index < -0.39 is 12.1 Å². The van der Waals surface area contributed by atoms with Crippen molar-refractivity contribution in [1.82, 2.24) is 4.90 Å². The van der Waals surface area contributed by atoms with Crippen molar-refractivity contribution in [2.75, 3.05) is 13.1 Å². The van der Waals surface area contributed by atoms with Crippen LogP contribution in [0.4, 0.5) is 13.2 Å².